The minimum Gasteiger partial charge on any atom is -1.00 e. The highest BCUT2D eigenvalue weighted by Crippen LogP contribution is 2.47. The zero-order valence-corrected chi connectivity index (χ0v) is 19.3. The first kappa shape index (κ1) is 19.8. The molecule has 1 aromatic carbocycles. The smallest absolute Gasteiger partial charge is 0.243 e. The molecule has 0 radical (unpaired) electrons. The number of benzene rings is 1. The van der Waals surface area contributed by atoms with E-state index >= 15 is 0 Å². The maximum Gasteiger partial charge on any atom is 0.243 e. The molecule has 1 fully saturated rings. The fourth-order valence-electron chi connectivity index (χ4n) is 4.01. The molecule has 1 spiro atoms. The molecular formula is C19H29I2NO. The van der Waals surface area contributed by atoms with Crippen molar-refractivity contribution in [3.05, 3.63) is 26.8 Å². The van der Waals surface area contributed by atoms with Crippen molar-refractivity contribution in [1.82, 2.24) is 0 Å². The monoisotopic (exact) mass is 541 g/mol. The molecule has 0 amide bonds. The van der Waals surface area contributed by atoms with E-state index in [9.17, 15) is 0 Å². The lowest BCUT2D eigenvalue weighted by molar-refractivity contribution is -0.980. The van der Waals surface area contributed by atoms with Crippen LogP contribution in [0.1, 0.15) is 64.0 Å². The summed E-state index contributed by atoms with van der Waals surface area (Å²) in [5, 5.41) is 0. The minimum atomic E-state index is -0.00553. The number of fused-ring (bicyclic) bond motifs is 1. The molecule has 1 heterocycles. The summed E-state index contributed by atoms with van der Waals surface area (Å²) in [5.41, 5.74) is 2.98. The van der Waals surface area contributed by atoms with Crippen LogP contribution in [0.5, 0.6) is 5.75 Å². The van der Waals surface area contributed by atoms with Gasteiger partial charge in [-0.05, 0) is 58.5 Å². The van der Waals surface area contributed by atoms with Gasteiger partial charge >= 0.3 is 0 Å². The van der Waals surface area contributed by atoms with Crippen molar-refractivity contribution in [2.24, 2.45) is 0 Å². The fraction of sp³-hybridized carbons (Fsp3) is 0.684. The Morgan fingerprint density at radius 1 is 1.09 bits per heavy atom. The molecule has 2 nitrogen and oxygen atoms in total. The van der Waals surface area contributed by atoms with Crippen molar-refractivity contribution >= 4 is 22.6 Å². The predicted molar refractivity (Wildman–Crippen MR) is 100 cm³/mol. The van der Waals surface area contributed by atoms with E-state index in [-0.39, 0.29) is 35.1 Å². The van der Waals surface area contributed by atoms with Crippen LogP contribution in [-0.2, 0) is 12.0 Å². The van der Waals surface area contributed by atoms with Crippen LogP contribution in [0.4, 0.5) is 0 Å². The number of hydrogen-bond acceptors (Lipinski definition) is 1. The van der Waals surface area contributed by atoms with Gasteiger partial charge in [-0.2, -0.15) is 0 Å². The predicted octanol–water partition coefficient (Wildman–Crippen LogP) is 2.22. The third-order valence-corrected chi connectivity index (χ3v) is 6.38. The molecule has 0 aromatic heterocycles. The van der Waals surface area contributed by atoms with E-state index in [4.69, 9.17) is 4.74 Å². The Hall–Kier alpha value is 0.440. The molecule has 3 rings (SSSR count). The molecule has 130 valence electrons. The second-order valence-corrected chi connectivity index (χ2v) is 9.81. The van der Waals surface area contributed by atoms with Crippen LogP contribution in [0.25, 0.3) is 0 Å². The molecular weight excluding hydrogens is 512 g/mol. The molecule has 1 saturated carbocycles. The Kier molecular flexibility index (Phi) is 5.70. The maximum absolute atomic E-state index is 6.74. The molecule has 1 aliphatic heterocycles. The van der Waals surface area contributed by atoms with Crippen LogP contribution in [0, 0.1) is 3.57 Å². The van der Waals surface area contributed by atoms with Crippen LogP contribution in [0.2, 0.25) is 0 Å². The summed E-state index contributed by atoms with van der Waals surface area (Å²) < 4.78 is 8.98. The van der Waals surface area contributed by atoms with Gasteiger partial charge in [-0.25, -0.2) is 0 Å². The Morgan fingerprint density at radius 2 is 1.70 bits per heavy atom. The van der Waals surface area contributed by atoms with Crippen molar-refractivity contribution in [3.63, 3.8) is 0 Å². The lowest BCUT2D eigenvalue weighted by Gasteiger charge is -2.53. The van der Waals surface area contributed by atoms with E-state index in [1.165, 1.54) is 46.8 Å². The molecule has 0 atom stereocenters. The minimum absolute atomic E-state index is 0. The van der Waals surface area contributed by atoms with Crippen LogP contribution < -0.4 is 28.7 Å². The second-order valence-electron chi connectivity index (χ2n) is 8.65. The molecule has 2 aliphatic rings. The van der Waals surface area contributed by atoms with Crippen molar-refractivity contribution < 1.29 is 33.2 Å². The summed E-state index contributed by atoms with van der Waals surface area (Å²) in [5.74, 6) is 1.16. The number of halogens is 2. The third-order valence-electron chi connectivity index (χ3n) is 5.58. The van der Waals surface area contributed by atoms with E-state index in [2.05, 4.69) is 69.6 Å². The first-order chi connectivity index (χ1) is 10.1. The first-order valence-corrected chi connectivity index (χ1v) is 9.58. The van der Waals surface area contributed by atoms with Crippen LogP contribution >= 0.6 is 22.6 Å². The van der Waals surface area contributed by atoms with Gasteiger partial charge in [0.05, 0.1) is 23.2 Å². The van der Waals surface area contributed by atoms with Crippen molar-refractivity contribution in [2.75, 3.05) is 14.1 Å². The van der Waals surface area contributed by atoms with Gasteiger partial charge < -0.3 is 28.7 Å². The number of ether oxygens (including phenoxy) is 1. The van der Waals surface area contributed by atoms with Gasteiger partial charge in [-0.3, -0.25) is 4.48 Å². The quantitative estimate of drug-likeness (QED) is 0.362. The summed E-state index contributed by atoms with van der Waals surface area (Å²) in [6.07, 6.45) is 6.34. The highest BCUT2D eigenvalue weighted by atomic mass is 127. The number of nitrogens with zero attached hydrogens (tertiary/aromatic N) is 1. The van der Waals surface area contributed by atoms with E-state index in [0.717, 1.165) is 16.8 Å². The molecule has 0 N–H and O–H groups in total. The summed E-state index contributed by atoms with van der Waals surface area (Å²) in [6.45, 7) is 7.95. The first-order valence-electron chi connectivity index (χ1n) is 8.50. The topological polar surface area (TPSA) is 9.23 Å². The van der Waals surface area contributed by atoms with Crippen molar-refractivity contribution in [3.8, 4) is 5.75 Å². The van der Waals surface area contributed by atoms with Crippen LogP contribution in [0.3, 0.4) is 0 Å². The molecule has 0 bridgehead atoms. The Labute approximate surface area is 172 Å². The lowest BCUT2D eigenvalue weighted by Crippen LogP contribution is -3.00. The van der Waals surface area contributed by atoms with Crippen molar-refractivity contribution in [1.29, 1.82) is 0 Å². The van der Waals surface area contributed by atoms with E-state index in [1.54, 1.807) is 0 Å². The lowest BCUT2D eigenvalue weighted by atomic mass is 9.84. The van der Waals surface area contributed by atoms with Crippen LogP contribution in [-0.4, -0.2) is 24.3 Å². The second kappa shape index (κ2) is 6.63. The third kappa shape index (κ3) is 3.54. The van der Waals surface area contributed by atoms with Gasteiger partial charge in [0.2, 0.25) is 5.72 Å². The Bertz CT molecular complexity index is 584. The number of hydrogen-bond donors (Lipinski definition) is 0. The molecule has 0 unspecified atom stereocenters. The van der Waals surface area contributed by atoms with Crippen LogP contribution in [0.15, 0.2) is 12.1 Å². The van der Waals surface area contributed by atoms with Gasteiger partial charge in [0.15, 0.2) is 0 Å². The fourth-order valence-corrected chi connectivity index (χ4v) is 4.80. The molecule has 4 heteroatoms. The summed E-state index contributed by atoms with van der Waals surface area (Å²) in [6, 6.07) is 4.70. The number of quaternary nitrogens is 1. The maximum atomic E-state index is 6.74. The van der Waals surface area contributed by atoms with Gasteiger partial charge in [0.25, 0.3) is 0 Å². The van der Waals surface area contributed by atoms with Gasteiger partial charge in [0.1, 0.15) is 12.3 Å². The zero-order valence-electron chi connectivity index (χ0n) is 15.0. The SMILES string of the molecule is CC(C)(C)c1cc(I)c2c(c1)C[N+](C)(C)C1(CCCCC1)O2.[I-]. The van der Waals surface area contributed by atoms with Gasteiger partial charge in [-0.1, -0.05) is 27.2 Å². The molecule has 0 saturated heterocycles. The highest BCUT2D eigenvalue weighted by molar-refractivity contribution is 14.1. The summed E-state index contributed by atoms with van der Waals surface area (Å²) in [4.78, 5) is 0. The highest BCUT2D eigenvalue weighted by Gasteiger charge is 2.52. The van der Waals surface area contributed by atoms with E-state index < -0.39 is 0 Å². The van der Waals surface area contributed by atoms with Gasteiger partial charge in [-0.15, -0.1) is 0 Å². The van der Waals surface area contributed by atoms with Gasteiger partial charge in [0, 0.05) is 12.8 Å². The molecule has 1 aliphatic carbocycles. The molecule has 1 aromatic rings. The average Bonchev–Trinajstić information content (AvgIpc) is 2.41. The van der Waals surface area contributed by atoms with E-state index in [0.29, 0.717) is 0 Å². The molecule has 23 heavy (non-hydrogen) atoms. The van der Waals surface area contributed by atoms with E-state index in [1.807, 2.05) is 0 Å². The standard InChI is InChI=1S/C19H29INO.HI/c1-18(2,3)15-11-14-13-21(4,5)19(9-7-6-8-10-19)22-17(14)16(20)12-15;/h11-12H,6-10,13H2,1-5H3;1H/q+1;/p-1. The largest absolute Gasteiger partial charge is 1.00 e. The Morgan fingerprint density at radius 3 is 2.26 bits per heavy atom. The summed E-state index contributed by atoms with van der Waals surface area (Å²) in [7, 11) is 4.70. The summed E-state index contributed by atoms with van der Waals surface area (Å²) >= 11 is 2.47. The van der Waals surface area contributed by atoms with Crippen molar-refractivity contribution in [2.45, 2.75) is 70.6 Å². The zero-order chi connectivity index (χ0) is 16.2. The Balaban J connectivity index is 0.00000192. The average molecular weight is 541 g/mol. The normalized spacial score (nSPS) is 22.0. The number of rotatable bonds is 0.